The highest BCUT2D eigenvalue weighted by Crippen LogP contribution is 2.17. The molecule has 1 N–H and O–H groups in total. The molecular formula is C15H24N2O2. The molecule has 0 spiro atoms. The Morgan fingerprint density at radius 3 is 2.58 bits per heavy atom. The van der Waals surface area contributed by atoms with Crippen molar-refractivity contribution in [3.8, 4) is 5.75 Å². The van der Waals surface area contributed by atoms with Crippen LogP contribution in [0.4, 0.5) is 0 Å². The van der Waals surface area contributed by atoms with Gasteiger partial charge in [0, 0.05) is 13.1 Å². The number of amides is 1. The van der Waals surface area contributed by atoms with Crippen LogP contribution in [0.2, 0.25) is 0 Å². The van der Waals surface area contributed by atoms with E-state index in [9.17, 15) is 4.79 Å². The number of hydrogen-bond acceptors (Lipinski definition) is 3. The fourth-order valence-corrected chi connectivity index (χ4v) is 1.59. The summed E-state index contributed by atoms with van der Waals surface area (Å²) < 4.78 is 5.64. The molecule has 0 radical (unpaired) electrons. The van der Waals surface area contributed by atoms with Crippen LogP contribution < -0.4 is 10.1 Å². The molecule has 1 rings (SSSR count). The van der Waals surface area contributed by atoms with E-state index in [1.165, 1.54) is 5.56 Å². The number of hydrogen-bond donors (Lipinski definition) is 1. The smallest absolute Gasteiger partial charge is 0.260 e. The lowest BCUT2D eigenvalue weighted by atomic mass is 10.1. The summed E-state index contributed by atoms with van der Waals surface area (Å²) in [7, 11) is 3.95. The highest BCUT2D eigenvalue weighted by molar-refractivity contribution is 5.80. The molecule has 0 unspecified atom stereocenters. The van der Waals surface area contributed by atoms with Gasteiger partial charge in [-0.1, -0.05) is 6.07 Å². The Balaban J connectivity index is 2.47. The van der Waals surface area contributed by atoms with Crippen molar-refractivity contribution < 1.29 is 9.53 Å². The lowest BCUT2D eigenvalue weighted by Gasteiger charge is -2.16. The predicted molar refractivity (Wildman–Crippen MR) is 77.6 cm³/mol. The number of carbonyl (C=O) groups excluding carboxylic acids is 1. The number of aryl methyl sites for hydroxylation is 2. The normalized spacial score (nSPS) is 12.3. The summed E-state index contributed by atoms with van der Waals surface area (Å²) in [6.45, 7) is 7.30. The molecule has 19 heavy (non-hydrogen) atoms. The predicted octanol–water partition coefficient (Wildman–Crippen LogP) is 1.75. The number of rotatable bonds is 6. The van der Waals surface area contributed by atoms with Crippen molar-refractivity contribution in [2.45, 2.75) is 26.9 Å². The molecule has 106 valence electrons. The molecule has 1 aromatic rings. The Bertz CT molecular complexity index is 430. The lowest BCUT2D eigenvalue weighted by molar-refractivity contribution is -0.127. The van der Waals surface area contributed by atoms with Gasteiger partial charge >= 0.3 is 0 Å². The number of ether oxygens (including phenoxy) is 1. The summed E-state index contributed by atoms with van der Waals surface area (Å²) in [6.07, 6.45) is -0.482. The van der Waals surface area contributed by atoms with Gasteiger partial charge in [0.2, 0.25) is 0 Å². The third kappa shape index (κ3) is 5.30. The topological polar surface area (TPSA) is 41.6 Å². The first-order valence-electron chi connectivity index (χ1n) is 6.56. The van der Waals surface area contributed by atoms with Crippen molar-refractivity contribution in [2.75, 3.05) is 27.2 Å². The van der Waals surface area contributed by atoms with Gasteiger partial charge in [0.05, 0.1) is 0 Å². The number of benzene rings is 1. The molecule has 0 heterocycles. The maximum absolute atomic E-state index is 11.8. The molecule has 0 saturated carbocycles. The summed E-state index contributed by atoms with van der Waals surface area (Å²) in [6, 6.07) is 5.85. The largest absolute Gasteiger partial charge is 0.481 e. The molecule has 0 aliphatic heterocycles. The number of carbonyl (C=O) groups is 1. The molecule has 0 bridgehead atoms. The van der Waals surface area contributed by atoms with E-state index in [0.29, 0.717) is 6.54 Å². The molecule has 0 aromatic heterocycles. The first-order valence-corrected chi connectivity index (χ1v) is 6.56. The van der Waals surface area contributed by atoms with Crippen molar-refractivity contribution in [1.29, 1.82) is 0 Å². The molecule has 1 amide bonds. The molecule has 4 heteroatoms. The van der Waals surface area contributed by atoms with Gasteiger partial charge in [-0.05, 0) is 58.1 Å². The molecule has 0 aliphatic carbocycles. The van der Waals surface area contributed by atoms with Crippen molar-refractivity contribution in [1.82, 2.24) is 10.2 Å². The molecule has 1 aromatic carbocycles. The van der Waals surface area contributed by atoms with E-state index in [0.717, 1.165) is 17.9 Å². The van der Waals surface area contributed by atoms with Crippen molar-refractivity contribution >= 4 is 5.91 Å². The quantitative estimate of drug-likeness (QED) is 0.851. The van der Waals surface area contributed by atoms with Gasteiger partial charge in [0.15, 0.2) is 6.10 Å². The fourth-order valence-electron chi connectivity index (χ4n) is 1.59. The third-order valence-electron chi connectivity index (χ3n) is 3.02. The Morgan fingerprint density at radius 1 is 1.32 bits per heavy atom. The van der Waals surface area contributed by atoms with Crippen molar-refractivity contribution in [3.05, 3.63) is 29.3 Å². The minimum atomic E-state index is -0.482. The second kappa shape index (κ2) is 7.14. The van der Waals surface area contributed by atoms with Crippen LogP contribution in [0.1, 0.15) is 18.1 Å². The monoisotopic (exact) mass is 264 g/mol. The minimum absolute atomic E-state index is 0.0833. The van der Waals surface area contributed by atoms with E-state index in [1.807, 2.05) is 44.1 Å². The standard InChI is InChI=1S/C15H24N2O2/c1-11-6-7-14(10-12(11)2)19-13(3)15(18)16-8-9-17(4)5/h6-7,10,13H,8-9H2,1-5H3,(H,16,18)/t13-/m1/s1. The highest BCUT2D eigenvalue weighted by atomic mass is 16.5. The van der Waals surface area contributed by atoms with Crippen LogP contribution in [0.3, 0.4) is 0 Å². The van der Waals surface area contributed by atoms with Gasteiger partial charge in [-0.15, -0.1) is 0 Å². The van der Waals surface area contributed by atoms with Crippen LogP contribution in [0, 0.1) is 13.8 Å². The van der Waals surface area contributed by atoms with Crippen molar-refractivity contribution in [2.24, 2.45) is 0 Å². The number of nitrogens with zero attached hydrogens (tertiary/aromatic N) is 1. The summed E-state index contributed by atoms with van der Waals surface area (Å²) in [4.78, 5) is 13.8. The zero-order chi connectivity index (χ0) is 14.4. The number of likely N-dealkylation sites (N-methyl/N-ethyl adjacent to an activating group) is 1. The van der Waals surface area contributed by atoms with Gasteiger partial charge in [0.1, 0.15) is 5.75 Å². The van der Waals surface area contributed by atoms with Gasteiger partial charge in [-0.2, -0.15) is 0 Å². The Hall–Kier alpha value is -1.55. The molecule has 0 saturated heterocycles. The second-order valence-corrected chi connectivity index (χ2v) is 5.10. The minimum Gasteiger partial charge on any atom is -0.481 e. The van der Waals surface area contributed by atoms with E-state index in [1.54, 1.807) is 6.92 Å². The second-order valence-electron chi connectivity index (χ2n) is 5.10. The first-order chi connectivity index (χ1) is 8.90. The van der Waals surface area contributed by atoms with Crippen LogP contribution in [0.5, 0.6) is 5.75 Å². The number of nitrogens with one attached hydrogen (secondary N) is 1. The third-order valence-corrected chi connectivity index (χ3v) is 3.02. The molecule has 0 aliphatic rings. The summed E-state index contributed by atoms with van der Waals surface area (Å²) >= 11 is 0. The van der Waals surface area contributed by atoms with E-state index < -0.39 is 6.10 Å². The van der Waals surface area contributed by atoms with Crippen LogP contribution in [0.15, 0.2) is 18.2 Å². The van der Waals surface area contributed by atoms with Crippen LogP contribution in [-0.4, -0.2) is 44.1 Å². The van der Waals surface area contributed by atoms with Crippen LogP contribution in [-0.2, 0) is 4.79 Å². The van der Waals surface area contributed by atoms with E-state index >= 15 is 0 Å². The first kappa shape index (κ1) is 15.5. The SMILES string of the molecule is Cc1ccc(O[C@H](C)C(=O)NCCN(C)C)cc1C. The molecule has 0 fully saturated rings. The van der Waals surface area contributed by atoms with Crippen molar-refractivity contribution in [3.63, 3.8) is 0 Å². The summed E-state index contributed by atoms with van der Waals surface area (Å²) in [5, 5.41) is 2.85. The van der Waals surface area contributed by atoms with Gasteiger partial charge in [-0.3, -0.25) is 4.79 Å². The zero-order valence-corrected chi connectivity index (χ0v) is 12.5. The average molecular weight is 264 g/mol. The van der Waals surface area contributed by atoms with Gasteiger partial charge < -0.3 is 15.0 Å². The molecule has 4 nitrogen and oxygen atoms in total. The fraction of sp³-hybridized carbons (Fsp3) is 0.533. The van der Waals surface area contributed by atoms with E-state index in [4.69, 9.17) is 4.74 Å². The van der Waals surface area contributed by atoms with E-state index in [2.05, 4.69) is 12.2 Å². The summed E-state index contributed by atoms with van der Waals surface area (Å²) in [5.41, 5.74) is 2.38. The molecular weight excluding hydrogens is 240 g/mol. The Morgan fingerprint density at radius 2 is 2.00 bits per heavy atom. The van der Waals surface area contributed by atoms with Crippen LogP contribution in [0.25, 0.3) is 0 Å². The van der Waals surface area contributed by atoms with Gasteiger partial charge in [0.25, 0.3) is 5.91 Å². The average Bonchev–Trinajstić information content (AvgIpc) is 2.33. The van der Waals surface area contributed by atoms with Crippen LogP contribution >= 0.6 is 0 Å². The summed E-state index contributed by atoms with van der Waals surface area (Å²) in [5.74, 6) is 0.651. The lowest BCUT2D eigenvalue weighted by Crippen LogP contribution is -2.39. The maximum Gasteiger partial charge on any atom is 0.260 e. The molecule has 1 atom stereocenters. The zero-order valence-electron chi connectivity index (χ0n) is 12.5. The van der Waals surface area contributed by atoms with Gasteiger partial charge in [-0.25, -0.2) is 0 Å². The Labute approximate surface area is 115 Å². The van der Waals surface area contributed by atoms with E-state index in [-0.39, 0.29) is 5.91 Å². The Kier molecular flexibility index (Phi) is 5.83. The highest BCUT2D eigenvalue weighted by Gasteiger charge is 2.14. The maximum atomic E-state index is 11.8.